The van der Waals surface area contributed by atoms with Gasteiger partial charge in [-0.3, -0.25) is 0 Å². The zero-order valence-electron chi connectivity index (χ0n) is 27.9. The van der Waals surface area contributed by atoms with E-state index in [1.807, 2.05) is 0 Å². The number of fused-ring (bicyclic) bond motifs is 2. The second-order valence-corrected chi connectivity index (χ2v) is 19.0. The van der Waals surface area contributed by atoms with Crippen molar-refractivity contribution >= 4 is 28.2 Å². The molecule has 11 heteroatoms. The van der Waals surface area contributed by atoms with Crippen molar-refractivity contribution in [2.75, 3.05) is 65.6 Å². The van der Waals surface area contributed by atoms with Gasteiger partial charge in [-0.15, -0.1) is 0 Å². The molecule has 2 fully saturated rings. The summed E-state index contributed by atoms with van der Waals surface area (Å²) in [5.41, 5.74) is 0.408. The second kappa shape index (κ2) is 22.4. The molecule has 0 aromatic rings. The Balaban J connectivity index is 1.91. The summed E-state index contributed by atoms with van der Waals surface area (Å²) in [6.45, 7) is 4.82. The standard InChI is InChI=1S/C34H62NO8P2/c36-29-31-27-33-15-11-7-3-2-6-10-14-26-45-34(28-32(30-37)41-23-19-39-21-25-43-45)16-12-8-4-1-5-9-13-17-35(45)44(33)42-24-20-38-18-22-40-31/h29-34H,1-28H2/q+1. The molecule has 260 valence electrons. The van der Waals surface area contributed by atoms with Gasteiger partial charge in [-0.1, -0.05) is 70.6 Å². The first kappa shape index (κ1) is 37.6. The lowest BCUT2D eigenvalue weighted by molar-refractivity contribution is -0.366. The van der Waals surface area contributed by atoms with E-state index in [1.54, 1.807) is 0 Å². The number of ether oxygens (including phenoxy) is 4. The quantitative estimate of drug-likeness (QED) is 0.220. The van der Waals surface area contributed by atoms with Gasteiger partial charge in [0.2, 0.25) is 7.28 Å². The number of hydrogen-bond acceptors (Lipinski definition) is 8. The highest BCUT2D eigenvalue weighted by Gasteiger charge is 2.48. The Labute approximate surface area is 274 Å². The molecule has 2 saturated heterocycles. The summed E-state index contributed by atoms with van der Waals surface area (Å²) < 4.78 is 41.3. The molecule has 0 aliphatic carbocycles. The largest absolute Gasteiger partial charge is 0.377 e. The third kappa shape index (κ3) is 12.6. The first-order valence-corrected chi connectivity index (χ1v) is 21.5. The molecular weight excluding hydrogens is 612 g/mol. The zero-order valence-corrected chi connectivity index (χ0v) is 29.7. The van der Waals surface area contributed by atoms with Gasteiger partial charge >= 0.3 is 8.30 Å². The maximum Gasteiger partial charge on any atom is 0.332 e. The van der Waals surface area contributed by atoms with E-state index in [4.69, 9.17) is 28.0 Å². The van der Waals surface area contributed by atoms with Gasteiger partial charge in [0.05, 0.1) is 64.2 Å². The van der Waals surface area contributed by atoms with Crippen LogP contribution in [0.3, 0.4) is 0 Å². The van der Waals surface area contributed by atoms with E-state index >= 15 is 0 Å². The Morgan fingerprint density at radius 1 is 0.578 bits per heavy atom. The number of nitrogens with zero attached hydrogens (tertiary/aromatic N) is 1. The van der Waals surface area contributed by atoms with Crippen molar-refractivity contribution in [2.24, 2.45) is 0 Å². The van der Waals surface area contributed by atoms with Crippen molar-refractivity contribution in [3.8, 4) is 0 Å². The lowest BCUT2D eigenvalue weighted by Gasteiger charge is -2.36. The highest BCUT2D eigenvalue weighted by atomic mass is 31.2. The summed E-state index contributed by atoms with van der Waals surface area (Å²) in [6, 6.07) is 0. The SMILES string of the molecule is O=CC1CC2CCCCCCCCCP34=[N+](CCCCCCCCCC3CC(C=O)OCCOCCO4)P2OCCOCCO1. The molecule has 6 atom stereocenters. The molecule has 0 radical (unpaired) electrons. The van der Waals surface area contributed by atoms with Crippen LogP contribution in [0.1, 0.15) is 116 Å². The smallest absolute Gasteiger partial charge is 0.332 e. The van der Waals surface area contributed by atoms with Gasteiger partial charge in [-0.05, 0) is 38.5 Å². The van der Waals surface area contributed by atoms with Gasteiger partial charge in [0, 0.05) is 12.6 Å². The molecule has 4 rings (SSSR count). The fraction of sp³-hybridized carbons (Fsp3) is 0.941. The zero-order chi connectivity index (χ0) is 31.4. The Hall–Kier alpha value is -0.240. The van der Waals surface area contributed by atoms with Gasteiger partial charge in [0.1, 0.15) is 31.3 Å². The molecule has 45 heavy (non-hydrogen) atoms. The monoisotopic (exact) mass is 674 g/mol. The van der Waals surface area contributed by atoms with E-state index < -0.39 is 27.8 Å². The average Bonchev–Trinajstić information content (AvgIpc) is 3.11. The minimum absolute atomic E-state index is 0.190. The Morgan fingerprint density at radius 2 is 1.13 bits per heavy atom. The Morgan fingerprint density at radius 3 is 1.82 bits per heavy atom. The Bertz CT molecular complexity index is 892. The number of hydrogen-bond donors (Lipinski definition) is 0. The normalized spacial score (nSPS) is 35.6. The van der Waals surface area contributed by atoms with Crippen molar-refractivity contribution in [3.63, 3.8) is 0 Å². The van der Waals surface area contributed by atoms with Crippen LogP contribution < -0.4 is 0 Å². The van der Waals surface area contributed by atoms with Gasteiger partial charge in [-0.25, -0.2) is 0 Å². The molecule has 9 nitrogen and oxygen atoms in total. The maximum absolute atomic E-state index is 12.5. The van der Waals surface area contributed by atoms with Crippen LogP contribution in [0.15, 0.2) is 0 Å². The van der Waals surface area contributed by atoms with Gasteiger partial charge in [0.25, 0.3) is 0 Å². The molecule has 0 aromatic carbocycles. The van der Waals surface area contributed by atoms with Crippen LogP contribution in [0, 0.1) is 0 Å². The van der Waals surface area contributed by atoms with Crippen molar-refractivity contribution in [1.82, 2.24) is 0 Å². The summed E-state index contributed by atoms with van der Waals surface area (Å²) in [5, 5.41) is 0. The number of carbonyl (C=O) groups excluding carboxylic acids is 2. The maximum atomic E-state index is 12.5. The van der Waals surface area contributed by atoms with Crippen LogP contribution in [-0.4, -0.2) is 106 Å². The lowest BCUT2D eigenvalue weighted by atomic mass is 10.0. The summed E-state index contributed by atoms with van der Waals surface area (Å²) >= 11 is 0. The molecule has 0 amide bonds. The minimum atomic E-state index is -2.34. The van der Waals surface area contributed by atoms with Crippen LogP contribution in [0.2, 0.25) is 0 Å². The van der Waals surface area contributed by atoms with Crippen LogP contribution >= 0.6 is 15.6 Å². The van der Waals surface area contributed by atoms with Crippen LogP contribution in [0.5, 0.6) is 0 Å². The molecule has 0 N–H and O–H groups in total. The van der Waals surface area contributed by atoms with Crippen LogP contribution in [0.4, 0.5) is 0 Å². The van der Waals surface area contributed by atoms with Crippen LogP contribution in [-0.2, 0) is 37.6 Å². The van der Waals surface area contributed by atoms with Crippen LogP contribution in [0.25, 0.3) is 0 Å². The summed E-state index contributed by atoms with van der Waals surface area (Å²) in [4.78, 5) is 24.8. The van der Waals surface area contributed by atoms with Crippen molar-refractivity contribution in [3.05, 3.63) is 0 Å². The summed E-state index contributed by atoms with van der Waals surface area (Å²) in [6.07, 6.45) is 22.4. The number of carbonyl (C=O) groups is 2. The molecule has 6 unspecified atom stereocenters. The highest BCUT2D eigenvalue weighted by molar-refractivity contribution is 7.64. The summed E-state index contributed by atoms with van der Waals surface area (Å²) in [7, 11) is -3.47. The van der Waals surface area contributed by atoms with Gasteiger partial charge < -0.3 is 37.6 Å². The summed E-state index contributed by atoms with van der Waals surface area (Å²) in [5.74, 6) is 0. The Kier molecular flexibility index (Phi) is 18.7. The van der Waals surface area contributed by atoms with Crippen molar-refractivity contribution < 1.29 is 41.7 Å². The van der Waals surface area contributed by atoms with E-state index in [-0.39, 0.29) is 11.3 Å². The fourth-order valence-corrected chi connectivity index (χ4v) is 16.3. The predicted molar refractivity (Wildman–Crippen MR) is 180 cm³/mol. The van der Waals surface area contributed by atoms with Gasteiger partial charge in [-0.2, -0.15) is 4.10 Å². The number of rotatable bonds is 2. The molecule has 4 heterocycles. The van der Waals surface area contributed by atoms with E-state index in [1.165, 1.54) is 64.2 Å². The van der Waals surface area contributed by atoms with Crippen molar-refractivity contribution in [2.45, 2.75) is 139 Å². The van der Waals surface area contributed by atoms with E-state index in [0.29, 0.717) is 65.7 Å². The third-order valence-corrected chi connectivity index (χ3v) is 17.6. The van der Waals surface area contributed by atoms with E-state index in [2.05, 4.69) is 4.10 Å². The molecule has 0 aromatic heterocycles. The predicted octanol–water partition coefficient (Wildman–Crippen LogP) is 7.48. The van der Waals surface area contributed by atoms with E-state index in [9.17, 15) is 9.59 Å². The molecule has 4 aliphatic heterocycles. The third-order valence-electron chi connectivity index (χ3n) is 9.84. The lowest BCUT2D eigenvalue weighted by Crippen LogP contribution is -2.31. The first-order chi connectivity index (χ1) is 22.3. The molecule has 1 spiro atoms. The topological polar surface area (TPSA) is 92.5 Å². The average molecular weight is 675 g/mol. The molecule has 0 bridgehead atoms. The number of aldehydes is 2. The molecular formula is C34H62NO8P2+. The molecule has 0 saturated carbocycles. The highest BCUT2D eigenvalue weighted by Crippen LogP contribution is 2.66. The fourth-order valence-electron chi connectivity index (χ4n) is 7.45. The first-order valence-electron chi connectivity index (χ1n) is 18.3. The van der Waals surface area contributed by atoms with E-state index in [0.717, 1.165) is 63.8 Å². The second-order valence-electron chi connectivity index (χ2n) is 13.2. The molecule has 4 aliphatic rings. The minimum Gasteiger partial charge on any atom is -0.377 e. The van der Waals surface area contributed by atoms with Gasteiger partial charge in [0.15, 0.2) is 0 Å². The van der Waals surface area contributed by atoms with Crippen molar-refractivity contribution in [1.29, 1.82) is 0 Å².